The van der Waals surface area contributed by atoms with E-state index in [9.17, 15) is 14.0 Å². The molecule has 1 aromatic carbocycles. The van der Waals surface area contributed by atoms with Gasteiger partial charge in [-0.2, -0.15) is 0 Å². The number of hydrogen-bond donors (Lipinski definition) is 2. The molecule has 26 heavy (non-hydrogen) atoms. The number of anilines is 1. The van der Waals surface area contributed by atoms with Crippen LogP contribution in [0.5, 0.6) is 5.75 Å². The Morgan fingerprint density at radius 2 is 2.19 bits per heavy atom. The van der Waals surface area contributed by atoms with Gasteiger partial charge < -0.3 is 4.74 Å². The standard InChI is InChI=1S/C16H12ClFN4O3S/c1-7-5-8(12-11(25-2)4-3-10(17)13(12)18)9(6-19-7)14(23)20-15-21-22-16(24)26-15/h3-6H,1-2H3,(H,22,24)(H,20,21,23). The summed E-state index contributed by atoms with van der Waals surface area (Å²) in [6.07, 6.45) is 1.31. The Morgan fingerprint density at radius 3 is 2.85 bits per heavy atom. The SMILES string of the molecule is COc1ccc(Cl)c(F)c1-c1cc(C)ncc1C(=O)Nc1n[nH]c(=O)s1. The van der Waals surface area contributed by atoms with Crippen molar-refractivity contribution in [2.45, 2.75) is 6.92 Å². The number of methoxy groups -OCH3 is 1. The Bertz CT molecular complexity index is 1050. The number of pyridine rings is 1. The van der Waals surface area contributed by atoms with Crippen LogP contribution in [0.1, 0.15) is 16.1 Å². The first-order valence-corrected chi connectivity index (χ1v) is 8.46. The first kappa shape index (κ1) is 18.0. The van der Waals surface area contributed by atoms with Crippen LogP contribution in [0.4, 0.5) is 9.52 Å². The molecule has 3 rings (SSSR count). The second-order valence-electron chi connectivity index (χ2n) is 5.18. The lowest BCUT2D eigenvalue weighted by Gasteiger charge is -2.14. The van der Waals surface area contributed by atoms with Crippen LogP contribution in [-0.2, 0) is 0 Å². The number of carbonyl (C=O) groups is 1. The highest BCUT2D eigenvalue weighted by Gasteiger charge is 2.22. The molecule has 134 valence electrons. The van der Waals surface area contributed by atoms with Crippen molar-refractivity contribution in [2.24, 2.45) is 0 Å². The van der Waals surface area contributed by atoms with Crippen molar-refractivity contribution < 1.29 is 13.9 Å². The Kier molecular flexibility index (Phi) is 5.01. The number of hydrogen-bond acceptors (Lipinski definition) is 6. The van der Waals surface area contributed by atoms with Crippen LogP contribution in [0.2, 0.25) is 5.02 Å². The molecule has 0 atom stereocenters. The zero-order valence-corrected chi connectivity index (χ0v) is 15.2. The third kappa shape index (κ3) is 3.44. The molecule has 2 heterocycles. The van der Waals surface area contributed by atoms with E-state index >= 15 is 0 Å². The van der Waals surface area contributed by atoms with Gasteiger partial charge in [-0.05, 0) is 36.5 Å². The number of aromatic amines is 1. The molecular formula is C16H12ClFN4O3S. The average molecular weight is 395 g/mol. The summed E-state index contributed by atoms with van der Waals surface area (Å²) in [6.45, 7) is 1.71. The fraction of sp³-hybridized carbons (Fsp3) is 0.125. The first-order valence-electron chi connectivity index (χ1n) is 7.26. The molecule has 2 aromatic heterocycles. The van der Waals surface area contributed by atoms with E-state index in [2.05, 4.69) is 20.5 Å². The van der Waals surface area contributed by atoms with E-state index in [4.69, 9.17) is 16.3 Å². The van der Waals surface area contributed by atoms with Gasteiger partial charge in [-0.3, -0.25) is 19.9 Å². The van der Waals surface area contributed by atoms with Crippen LogP contribution in [0.25, 0.3) is 11.1 Å². The highest BCUT2D eigenvalue weighted by molar-refractivity contribution is 7.13. The van der Waals surface area contributed by atoms with Crippen molar-refractivity contribution in [3.8, 4) is 16.9 Å². The van der Waals surface area contributed by atoms with Crippen LogP contribution >= 0.6 is 22.9 Å². The van der Waals surface area contributed by atoms with Crippen molar-refractivity contribution in [3.63, 3.8) is 0 Å². The Balaban J connectivity index is 2.14. The van der Waals surface area contributed by atoms with Crippen molar-refractivity contribution in [2.75, 3.05) is 12.4 Å². The monoisotopic (exact) mass is 394 g/mol. The lowest BCUT2D eigenvalue weighted by molar-refractivity contribution is 0.102. The highest BCUT2D eigenvalue weighted by atomic mass is 35.5. The molecule has 1 amide bonds. The van der Waals surface area contributed by atoms with Crippen molar-refractivity contribution >= 4 is 34.0 Å². The number of carbonyl (C=O) groups excluding carboxylic acids is 1. The Labute approximate surface area is 155 Å². The first-order chi connectivity index (χ1) is 12.4. The molecule has 7 nitrogen and oxygen atoms in total. The number of aromatic nitrogens is 3. The number of nitrogens with zero attached hydrogens (tertiary/aromatic N) is 2. The lowest BCUT2D eigenvalue weighted by atomic mass is 9.98. The quantitative estimate of drug-likeness (QED) is 0.708. The van der Waals surface area contributed by atoms with Crippen LogP contribution in [0.3, 0.4) is 0 Å². The number of nitrogens with one attached hydrogen (secondary N) is 2. The van der Waals surface area contributed by atoms with E-state index in [-0.39, 0.29) is 32.6 Å². The Morgan fingerprint density at radius 1 is 1.42 bits per heavy atom. The van der Waals surface area contributed by atoms with Gasteiger partial charge in [0.25, 0.3) is 5.91 Å². The maximum atomic E-state index is 14.7. The minimum atomic E-state index is -0.713. The van der Waals surface area contributed by atoms with Gasteiger partial charge in [0.05, 0.1) is 23.3 Å². The topological polar surface area (TPSA) is 97.0 Å². The molecule has 3 aromatic rings. The summed E-state index contributed by atoms with van der Waals surface area (Å²) < 4.78 is 19.9. The van der Waals surface area contributed by atoms with Crippen molar-refractivity contribution in [1.29, 1.82) is 0 Å². The molecule has 0 bridgehead atoms. The molecular weight excluding hydrogens is 383 g/mol. The summed E-state index contributed by atoms with van der Waals surface area (Å²) in [5.41, 5.74) is 0.959. The summed E-state index contributed by atoms with van der Waals surface area (Å²) in [7, 11) is 1.39. The number of rotatable bonds is 4. The maximum absolute atomic E-state index is 14.7. The van der Waals surface area contributed by atoms with E-state index in [1.54, 1.807) is 13.0 Å². The Hall–Kier alpha value is -2.78. The van der Waals surface area contributed by atoms with E-state index in [1.165, 1.54) is 25.4 Å². The van der Waals surface area contributed by atoms with Crippen LogP contribution < -0.4 is 14.9 Å². The molecule has 0 aliphatic heterocycles. The molecule has 2 N–H and O–H groups in total. The number of H-pyrrole nitrogens is 1. The van der Waals surface area contributed by atoms with E-state index in [0.717, 1.165) is 11.3 Å². The van der Waals surface area contributed by atoms with Gasteiger partial charge in [-0.1, -0.05) is 11.6 Å². The fourth-order valence-electron chi connectivity index (χ4n) is 2.35. The summed E-state index contributed by atoms with van der Waals surface area (Å²) in [4.78, 5) is 27.5. The number of benzene rings is 1. The van der Waals surface area contributed by atoms with E-state index < -0.39 is 16.6 Å². The maximum Gasteiger partial charge on any atom is 0.324 e. The normalized spacial score (nSPS) is 10.6. The summed E-state index contributed by atoms with van der Waals surface area (Å²) in [6, 6.07) is 4.44. The molecule has 10 heteroatoms. The van der Waals surface area contributed by atoms with Gasteiger partial charge in [0.1, 0.15) is 5.75 Å². The molecule has 0 radical (unpaired) electrons. The van der Waals surface area contributed by atoms with Gasteiger partial charge in [-0.15, -0.1) is 5.10 Å². The highest BCUT2D eigenvalue weighted by Crippen LogP contribution is 2.38. The summed E-state index contributed by atoms with van der Waals surface area (Å²) >= 11 is 6.64. The zero-order chi connectivity index (χ0) is 18.8. The fourth-order valence-corrected chi connectivity index (χ4v) is 3.01. The minimum absolute atomic E-state index is 0.0471. The number of aryl methyl sites for hydroxylation is 1. The molecule has 0 saturated heterocycles. The molecule has 0 spiro atoms. The van der Waals surface area contributed by atoms with Gasteiger partial charge >= 0.3 is 4.87 Å². The average Bonchev–Trinajstić information content (AvgIpc) is 3.01. The van der Waals surface area contributed by atoms with Gasteiger partial charge in [-0.25, -0.2) is 9.49 Å². The van der Waals surface area contributed by atoms with Gasteiger partial charge in [0.15, 0.2) is 5.82 Å². The number of halogens is 2. The van der Waals surface area contributed by atoms with E-state index in [1.807, 2.05) is 0 Å². The van der Waals surface area contributed by atoms with Crippen LogP contribution in [0, 0.1) is 12.7 Å². The molecule has 0 aliphatic carbocycles. The predicted octanol–water partition coefficient (Wildman–Crippen LogP) is 3.26. The van der Waals surface area contributed by atoms with E-state index in [0.29, 0.717) is 5.69 Å². The molecule has 0 fully saturated rings. The smallest absolute Gasteiger partial charge is 0.324 e. The van der Waals surface area contributed by atoms with Crippen LogP contribution in [0.15, 0.2) is 29.2 Å². The largest absolute Gasteiger partial charge is 0.496 e. The van der Waals surface area contributed by atoms with Crippen molar-refractivity contribution in [3.05, 3.63) is 56.2 Å². The number of ether oxygens (including phenoxy) is 1. The molecule has 0 unspecified atom stereocenters. The van der Waals surface area contributed by atoms with Gasteiger partial charge in [0, 0.05) is 17.5 Å². The van der Waals surface area contributed by atoms with Gasteiger partial charge in [0.2, 0.25) is 5.13 Å². The molecule has 0 aliphatic rings. The predicted molar refractivity (Wildman–Crippen MR) is 96.6 cm³/mol. The second kappa shape index (κ2) is 7.22. The summed E-state index contributed by atoms with van der Waals surface area (Å²) in [5.74, 6) is -1.09. The third-order valence-electron chi connectivity index (χ3n) is 3.49. The lowest BCUT2D eigenvalue weighted by Crippen LogP contribution is -2.14. The number of amides is 1. The zero-order valence-electron chi connectivity index (χ0n) is 13.6. The second-order valence-corrected chi connectivity index (χ2v) is 6.55. The summed E-state index contributed by atoms with van der Waals surface area (Å²) in [5, 5.41) is 8.34. The minimum Gasteiger partial charge on any atom is -0.496 e. The molecule has 0 saturated carbocycles. The third-order valence-corrected chi connectivity index (χ3v) is 4.45. The van der Waals surface area contributed by atoms with Crippen LogP contribution in [-0.4, -0.2) is 28.2 Å². The van der Waals surface area contributed by atoms with Crippen molar-refractivity contribution in [1.82, 2.24) is 15.2 Å².